The molecule has 0 aliphatic carbocycles. The van der Waals surface area contributed by atoms with Crippen molar-refractivity contribution in [2.75, 3.05) is 5.32 Å². The minimum Gasteiger partial charge on any atom is -0.351 e. The number of hydrogen-bond donors (Lipinski definition) is 2. The smallest absolute Gasteiger partial charge is 0.238 e. The summed E-state index contributed by atoms with van der Waals surface area (Å²) in [5.74, 6) is -0.587. The highest BCUT2D eigenvalue weighted by molar-refractivity contribution is 7.17. The molecule has 156 valence electrons. The van der Waals surface area contributed by atoms with E-state index >= 15 is 0 Å². The second kappa shape index (κ2) is 9.68. The molecule has 0 saturated carbocycles. The molecule has 0 aliphatic rings. The van der Waals surface area contributed by atoms with Crippen LogP contribution in [0.5, 0.6) is 0 Å². The van der Waals surface area contributed by atoms with Crippen molar-refractivity contribution in [3.63, 3.8) is 0 Å². The van der Waals surface area contributed by atoms with Crippen molar-refractivity contribution in [3.05, 3.63) is 94.2 Å². The van der Waals surface area contributed by atoms with Crippen LogP contribution in [0, 0.1) is 0 Å². The van der Waals surface area contributed by atoms with Crippen molar-refractivity contribution < 1.29 is 9.59 Å². The predicted molar refractivity (Wildman–Crippen MR) is 126 cm³/mol. The lowest BCUT2D eigenvalue weighted by atomic mass is 9.90. The van der Waals surface area contributed by atoms with E-state index in [2.05, 4.69) is 15.6 Å². The Labute approximate surface area is 188 Å². The molecule has 0 aliphatic heterocycles. The SMILES string of the molecule is CC(=O)NCc1ccc(-c2csc(NC(=O)C(c3ccccc3)c3ccccc3)n2)s1. The van der Waals surface area contributed by atoms with Crippen LogP contribution >= 0.6 is 22.7 Å². The fourth-order valence-electron chi connectivity index (χ4n) is 3.23. The molecule has 2 heterocycles. The van der Waals surface area contributed by atoms with Gasteiger partial charge >= 0.3 is 0 Å². The van der Waals surface area contributed by atoms with Crippen molar-refractivity contribution in [1.29, 1.82) is 0 Å². The molecule has 31 heavy (non-hydrogen) atoms. The summed E-state index contributed by atoms with van der Waals surface area (Å²) >= 11 is 2.98. The second-order valence-corrected chi connectivity index (χ2v) is 8.98. The van der Waals surface area contributed by atoms with Crippen LogP contribution in [0.3, 0.4) is 0 Å². The maximum atomic E-state index is 13.2. The van der Waals surface area contributed by atoms with Gasteiger partial charge in [0.1, 0.15) is 0 Å². The van der Waals surface area contributed by atoms with Gasteiger partial charge in [-0.3, -0.25) is 9.59 Å². The van der Waals surface area contributed by atoms with Crippen molar-refractivity contribution in [1.82, 2.24) is 10.3 Å². The molecule has 2 N–H and O–H groups in total. The number of aromatic nitrogens is 1. The quantitative estimate of drug-likeness (QED) is 0.405. The van der Waals surface area contributed by atoms with E-state index in [0.717, 1.165) is 26.6 Å². The molecule has 0 atom stereocenters. The van der Waals surface area contributed by atoms with Crippen LogP contribution in [0.1, 0.15) is 28.8 Å². The molecule has 0 saturated heterocycles. The Morgan fingerprint density at radius 3 is 2.19 bits per heavy atom. The minimum atomic E-state index is -0.416. The summed E-state index contributed by atoms with van der Waals surface area (Å²) in [4.78, 5) is 31.0. The fourth-order valence-corrected chi connectivity index (χ4v) is 4.93. The van der Waals surface area contributed by atoms with Crippen LogP contribution in [0.4, 0.5) is 5.13 Å². The van der Waals surface area contributed by atoms with Gasteiger partial charge in [0.25, 0.3) is 0 Å². The van der Waals surface area contributed by atoms with Gasteiger partial charge in [-0.05, 0) is 23.3 Å². The molecule has 2 aromatic carbocycles. The summed E-state index contributed by atoms with van der Waals surface area (Å²) in [6.45, 7) is 2.01. The van der Waals surface area contributed by atoms with Gasteiger partial charge in [-0.25, -0.2) is 4.98 Å². The first-order chi connectivity index (χ1) is 15.1. The van der Waals surface area contributed by atoms with E-state index in [1.54, 1.807) is 11.3 Å². The highest BCUT2D eigenvalue weighted by atomic mass is 32.1. The van der Waals surface area contributed by atoms with E-state index in [0.29, 0.717) is 11.7 Å². The average molecular weight is 448 g/mol. The second-order valence-electron chi connectivity index (χ2n) is 6.96. The topological polar surface area (TPSA) is 71.1 Å². The first kappa shape index (κ1) is 21.0. The van der Waals surface area contributed by atoms with E-state index in [1.807, 2.05) is 78.2 Å². The molecule has 0 bridgehead atoms. The number of carbonyl (C=O) groups excluding carboxylic acids is 2. The number of carbonyl (C=O) groups is 2. The Bertz CT molecular complexity index is 1130. The molecule has 0 unspecified atom stereocenters. The van der Waals surface area contributed by atoms with Crippen molar-refractivity contribution >= 4 is 39.6 Å². The van der Waals surface area contributed by atoms with Crippen molar-refractivity contribution in [3.8, 4) is 10.6 Å². The number of amides is 2. The third-order valence-electron chi connectivity index (χ3n) is 4.69. The van der Waals surface area contributed by atoms with E-state index in [9.17, 15) is 9.59 Å². The van der Waals surface area contributed by atoms with Crippen molar-refractivity contribution in [2.45, 2.75) is 19.4 Å². The number of hydrogen-bond acceptors (Lipinski definition) is 5. The summed E-state index contributed by atoms with van der Waals surface area (Å²) in [6, 6.07) is 23.5. The van der Waals surface area contributed by atoms with E-state index in [-0.39, 0.29) is 11.8 Å². The average Bonchev–Trinajstić information content (AvgIpc) is 3.43. The maximum Gasteiger partial charge on any atom is 0.238 e. The Morgan fingerprint density at radius 1 is 0.935 bits per heavy atom. The molecule has 4 aromatic rings. The highest BCUT2D eigenvalue weighted by Gasteiger charge is 2.23. The monoisotopic (exact) mass is 447 g/mol. The van der Waals surface area contributed by atoms with Gasteiger partial charge in [0.2, 0.25) is 11.8 Å². The van der Waals surface area contributed by atoms with Gasteiger partial charge in [0, 0.05) is 17.2 Å². The van der Waals surface area contributed by atoms with Gasteiger partial charge in [0.15, 0.2) is 5.13 Å². The molecule has 0 radical (unpaired) electrons. The van der Waals surface area contributed by atoms with Crippen LogP contribution in [0.25, 0.3) is 10.6 Å². The summed E-state index contributed by atoms with van der Waals surface area (Å²) in [6.07, 6.45) is 0. The maximum absolute atomic E-state index is 13.2. The van der Waals surface area contributed by atoms with Gasteiger partial charge in [0.05, 0.1) is 23.0 Å². The zero-order valence-corrected chi connectivity index (χ0v) is 18.5. The summed E-state index contributed by atoms with van der Waals surface area (Å²) in [5.41, 5.74) is 2.68. The standard InChI is InChI=1S/C24H21N3O2S2/c1-16(28)25-14-19-12-13-21(31-19)20-15-30-24(26-20)27-23(29)22(17-8-4-2-5-9-17)18-10-6-3-7-11-18/h2-13,15,22H,14H2,1H3,(H,25,28)(H,26,27,29). The number of benzene rings is 2. The highest BCUT2D eigenvalue weighted by Crippen LogP contribution is 2.32. The number of nitrogens with one attached hydrogen (secondary N) is 2. The normalized spacial score (nSPS) is 10.8. The lowest BCUT2D eigenvalue weighted by Gasteiger charge is -2.17. The van der Waals surface area contributed by atoms with Gasteiger partial charge < -0.3 is 10.6 Å². The number of nitrogens with zero attached hydrogens (tertiary/aromatic N) is 1. The lowest BCUT2D eigenvalue weighted by molar-refractivity contribution is -0.119. The third kappa shape index (κ3) is 5.25. The molecular weight excluding hydrogens is 426 g/mol. The van der Waals surface area contributed by atoms with Gasteiger partial charge in [-0.2, -0.15) is 0 Å². The van der Waals surface area contributed by atoms with E-state index in [4.69, 9.17) is 0 Å². The van der Waals surface area contributed by atoms with Crippen LogP contribution in [0.15, 0.2) is 78.2 Å². The first-order valence-corrected chi connectivity index (χ1v) is 11.5. The molecule has 5 nitrogen and oxygen atoms in total. The summed E-state index contributed by atoms with van der Waals surface area (Å²) in [7, 11) is 0. The summed E-state index contributed by atoms with van der Waals surface area (Å²) in [5, 5.41) is 8.29. The zero-order valence-electron chi connectivity index (χ0n) is 16.9. The van der Waals surface area contributed by atoms with Crippen LogP contribution in [0.2, 0.25) is 0 Å². The first-order valence-electron chi connectivity index (χ1n) is 9.80. The van der Waals surface area contributed by atoms with E-state index in [1.165, 1.54) is 18.3 Å². The molecular formula is C24H21N3O2S2. The Morgan fingerprint density at radius 2 is 1.58 bits per heavy atom. The number of thiophene rings is 1. The van der Waals surface area contributed by atoms with Crippen LogP contribution in [-0.2, 0) is 16.1 Å². The number of anilines is 1. The number of thiazole rings is 1. The van der Waals surface area contributed by atoms with Crippen molar-refractivity contribution in [2.24, 2.45) is 0 Å². The molecule has 0 fully saturated rings. The van der Waals surface area contributed by atoms with Gasteiger partial charge in [-0.15, -0.1) is 22.7 Å². The Kier molecular flexibility index (Phi) is 6.54. The Hall–Kier alpha value is -3.29. The zero-order chi connectivity index (χ0) is 21.6. The van der Waals surface area contributed by atoms with Crippen LogP contribution in [-0.4, -0.2) is 16.8 Å². The largest absolute Gasteiger partial charge is 0.351 e. The third-order valence-corrected chi connectivity index (χ3v) is 6.55. The summed E-state index contributed by atoms with van der Waals surface area (Å²) < 4.78 is 0. The Balaban J connectivity index is 1.51. The lowest BCUT2D eigenvalue weighted by Crippen LogP contribution is -2.22. The van der Waals surface area contributed by atoms with Gasteiger partial charge in [-0.1, -0.05) is 60.7 Å². The molecule has 7 heteroatoms. The molecule has 2 aromatic heterocycles. The molecule has 4 rings (SSSR count). The van der Waals surface area contributed by atoms with Crippen LogP contribution < -0.4 is 10.6 Å². The molecule has 2 amide bonds. The predicted octanol–water partition coefficient (Wildman–Crippen LogP) is 5.28. The number of rotatable bonds is 7. The van der Waals surface area contributed by atoms with E-state index < -0.39 is 5.92 Å². The molecule has 0 spiro atoms. The fraction of sp³-hybridized carbons (Fsp3) is 0.125. The minimum absolute atomic E-state index is 0.0556.